The van der Waals surface area contributed by atoms with E-state index in [1.165, 1.54) is 25.0 Å². The molecular weight excluding hydrogens is 186 g/mol. The second kappa shape index (κ2) is 4.35. The molecule has 0 spiro atoms. The van der Waals surface area contributed by atoms with E-state index in [1.54, 1.807) is 0 Å². The summed E-state index contributed by atoms with van der Waals surface area (Å²) >= 11 is 0. The quantitative estimate of drug-likeness (QED) is 0.805. The molecule has 3 nitrogen and oxygen atoms in total. The van der Waals surface area contributed by atoms with Crippen LogP contribution in [0.3, 0.4) is 0 Å². The van der Waals surface area contributed by atoms with Gasteiger partial charge in [0.05, 0.1) is 11.4 Å². The van der Waals surface area contributed by atoms with E-state index in [2.05, 4.69) is 18.1 Å². The van der Waals surface area contributed by atoms with Crippen molar-refractivity contribution in [3.8, 4) is 0 Å². The maximum atomic E-state index is 6.20. The van der Waals surface area contributed by atoms with Crippen LogP contribution in [-0.4, -0.2) is 9.78 Å². The topological polar surface area (TPSA) is 43.8 Å². The minimum atomic E-state index is 0.173. The maximum absolute atomic E-state index is 6.20. The van der Waals surface area contributed by atoms with Gasteiger partial charge in [-0.3, -0.25) is 4.68 Å². The second-order valence-electron chi connectivity index (χ2n) is 4.65. The molecule has 1 atom stereocenters. The fourth-order valence-electron chi connectivity index (χ4n) is 2.09. The molecule has 2 N–H and O–H groups in total. The van der Waals surface area contributed by atoms with Crippen LogP contribution in [-0.2, 0) is 6.54 Å². The number of hydrogen-bond acceptors (Lipinski definition) is 2. The highest BCUT2D eigenvalue weighted by Gasteiger charge is 2.22. The van der Waals surface area contributed by atoms with E-state index >= 15 is 0 Å². The predicted octanol–water partition coefficient (Wildman–Crippen LogP) is 2.40. The van der Waals surface area contributed by atoms with Gasteiger partial charge in [0.25, 0.3) is 0 Å². The lowest BCUT2D eigenvalue weighted by atomic mass is 10.1. The first-order valence-electron chi connectivity index (χ1n) is 6.00. The van der Waals surface area contributed by atoms with Crippen molar-refractivity contribution < 1.29 is 0 Å². The fourth-order valence-corrected chi connectivity index (χ4v) is 2.09. The first-order chi connectivity index (χ1) is 7.20. The molecule has 1 fully saturated rings. The van der Waals surface area contributed by atoms with Crippen molar-refractivity contribution in [3.63, 3.8) is 0 Å². The Morgan fingerprint density at radius 2 is 2.33 bits per heavy atom. The highest BCUT2D eigenvalue weighted by molar-refractivity contribution is 5.12. The molecule has 0 bridgehead atoms. The molecule has 0 amide bonds. The Hall–Kier alpha value is -0.830. The first-order valence-corrected chi connectivity index (χ1v) is 6.00. The summed E-state index contributed by atoms with van der Waals surface area (Å²) in [6.45, 7) is 5.06. The molecule has 2 rings (SSSR count). The molecule has 3 heteroatoms. The van der Waals surface area contributed by atoms with Crippen LogP contribution in [0.2, 0.25) is 0 Å². The van der Waals surface area contributed by atoms with Crippen LogP contribution in [0.5, 0.6) is 0 Å². The average Bonchev–Trinajstić information content (AvgIpc) is 2.97. The van der Waals surface area contributed by atoms with Gasteiger partial charge in [0.15, 0.2) is 0 Å². The van der Waals surface area contributed by atoms with Gasteiger partial charge in [0.2, 0.25) is 0 Å². The van der Waals surface area contributed by atoms with E-state index in [4.69, 9.17) is 5.73 Å². The van der Waals surface area contributed by atoms with Crippen LogP contribution in [0.25, 0.3) is 0 Å². The molecule has 1 aromatic heterocycles. The molecule has 0 radical (unpaired) electrons. The van der Waals surface area contributed by atoms with Gasteiger partial charge >= 0.3 is 0 Å². The van der Waals surface area contributed by atoms with Crippen LogP contribution in [0.1, 0.15) is 50.0 Å². The van der Waals surface area contributed by atoms with Crippen LogP contribution in [0.15, 0.2) is 6.07 Å². The molecule has 15 heavy (non-hydrogen) atoms. The Morgan fingerprint density at radius 1 is 1.60 bits per heavy atom. The van der Waals surface area contributed by atoms with Gasteiger partial charge in [0.1, 0.15) is 0 Å². The predicted molar refractivity (Wildman–Crippen MR) is 61.5 cm³/mol. The minimum absolute atomic E-state index is 0.173. The van der Waals surface area contributed by atoms with Crippen molar-refractivity contribution in [1.29, 1.82) is 0 Å². The molecular formula is C12H21N3. The molecule has 1 aliphatic carbocycles. The molecule has 1 heterocycles. The molecule has 1 unspecified atom stereocenters. The Kier molecular flexibility index (Phi) is 3.10. The van der Waals surface area contributed by atoms with Crippen molar-refractivity contribution in [2.45, 2.75) is 52.1 Å². The second-order valence-corrected chi connectivity index (χ2v) is 4.65. The summed E-state index contributed by atoms with van der Waals surface area (Å²) in [6.07, 6.45) is 5.22. The normalized spacial score (nSPS) is 18.1. The number of aromatic nitrogens is 2. The monoisotopic (exact) mass is 207 g/mol. The SMILES string of the molecule is CCn1nc(C)cc1C(N)CCC1CC1. The number of nitrogens with two attached hydrogens (primary N) is 1. The van der Waals surface area contributed by atoms with Gasteiger partial charge in [-0.15, -0.1) is 0 Å². The largest absolute Gasteiger partial charge is 0.323 e. The van der Waals surface area contributed by atoms with E-state index < -0.39 is 0 Å². The number of hydrogen-bond donors (Lipinski definition) is 1. The van der Waals surface area contributed by atoms with E-state index in [0.717, 1.165) is 24.6 Å². The molecule has 0 aromatic carbocycles. The lowest BCUT2D eigenvalue weighted by molar-refractivity contribution is 0.517. The van der Waals surface area contributed by atoms with Gasteiger partial charge in [-0.2, -0.15) is 5.10 Å². The van der Waals surface area contributed by atoms with E-state index in [1.807, 2.05) is 11.6 Å². The van der Waals surface area contributed by atoms with Gasteiger partial charge in [-0.1, -0.05) is 12.8 Å². The standard InChI is InChI=1S/C12H21N3/c1-3-15-12(8-9(2)14-15)11(13)7-6-10-4-5-10/h8,10-11H,3-7,13H2,1-2H3. The zero-order valence-electron chi connectivity index (χ0n) is 9.74. The number of rotatable bonds is 5. The first kappa shape index (κ1) is 10.7. The third-order valence-electron chi connectivity index (χ3n) is 3.20. The Bertz CT molecular complexity index is 326. The summed E-state index contributed by atoms with van der Waals surface area (Å²) in [4.78, 5) is 0. The van der Waals surface area contributed by atoms with Crippen molar-refractivity contribution in [2.75, 3.05) is 0 Å². The third-order valence-corrected chi connectivity index (χ3v) is 3.20. The Labute approximate surface area is 91.7 Å². The smallest absolute Gasteiger partial charge is 0.0597 e. The van der Waals surface area contributed by atoms with Gasteiger partial charge in [-0.05, 0) is 38.7 Å². The molecule has 1 saturated carbocycles. The van der Waals surface area contributed by atoms with E-state index in [9.17, 15) is 0 Å². The third kappa shape index (κ3) is 2.59. The van der Waals surface area contributed by atoms with Gasteiger partial charge in [-0.25, -0.2) is 0 Å². The highest BCUT2D eigenvalue weighted by Crippen LogP contribution is 2.35. The van der Waals surface area contributed by atoms with E-state index in [-0.39, 0.29) is 6.04 Å². The fraction of sp³-hybridized carbons (Fsp3) is 0.750. The lowest BCUT2D eigenvalue weighted by Gasteiger charge is -2.12. The van der Waals surface area contributed by atoms with E-state index in [0.29, 0.717) is 0 Å². The lowest BCUT2D eigenvalue weighted by Crippen LogP contribution is -2.16. The van der Waals surface area contributed by atoms with Crippen LogP contribution in [0, 0.1) is 12.8 Å². The molecule has 84 valence electrons. The molecule has 0 saturated heterocycles. The minimum Gasteiger partial charge on any atom is -0.323 e. The van der Waals surface area contributed by atoms with Crippen LogP contribution < -0.4 is 5.73 Å². The van der Waals surface area contributed by atoms with Crippen molar-refractivity contribution in [3.05, 3.63) is 17.5 Å². The number of aryl methyl sites for hydroxylation is 2. The average molecular weight is 207 g/mol. The van der Waals surface area contributed by atoms with Crippen molar-refractivity contribution in [2.24, 2.45) is 11.7 Å². The zero-order chi connectivity index (χ0) is 10.8. The molecule has 1 aromatic rings. The zero-order valence-corrected chi connectivity index (χ0v) is 9.74. The van der Waals surface area contributed by atoms with Gasteiger partial charge in [0, 0.05) is 12.6 Å². The van der Waals surface area contributed by atoms with Crippen LogP contribution in [0.4, 0.5) is 0 Å². The molecule has 0 aliphatic heterocycles. The Balaban J connectivity index is 1.98. The van der Waals surface area contributed by atoms with Crippen molar-refractivity contribution in [1.82, 2.24) is 9.78 Å². The Morgan fingerprint density at radius 3 is 2.93 bits per heavy atom. The highest BCUT2D eigenvalue weighted by atomic mass is 15.3. The summed E-state index contributed by atoms with van der Waals surface area (Å²) in [5.41, 5.74) is 8.48. The summed E-state index contributed by atoms with van der Waals surface area (Å²) < 4.78 is 2.03. The van der Waals surface area contributed by atoms with Gasteiger partial charge < -0.3 is 5.73 Å². The summed E-state index contributed by atoms with van der Waals surface area (Å²) in [5, 5.41) is 4.43. The van der Waals surface area contributed by atoms with Crippen LogP contribution >= 0.6 is 0 Å². The summed E-state index contributed by atoms with van der Waals surface area (Å²) in [7, 11) is 0. The maximum Gasteiger partial charge on any atom is 0.0597 e. The van der Waals surface area contributed by atoms with Crippen molar-refractivity contribution >= 4 is 0 Å². The number of nitrogens with zero attached hydrogens (tertiary/aromatic N) is 2. The summed E-state index contributed by atoms with van der Waals surface area (Å²) in [6, 6.07) is 2.30. The summed E-state index contributed by atoms with van der Waals surface area (Å²) in [5.74, 6) is 0.968. The molecule has 1 aliphatic rings.